The first-order chi connectivity index (χ1) is 10.6. The molecule has 9 nitrogen and oxygen atoms in total. The number of carboxylic acid groups (broad SMARTS) is 1. The van der Waals surface area contributed by atoms with Gasteiger partial charge in [0.15, 0.2) is 0 Å². The van der Waals surface area contributed by atoms with Gasteiger partial charge in [0.05, 0.1) is 17.8 Å². The number of aliphatic hydroxyl groups is 3. The first-order valence-electron chi connectivity index (χ1n) is 6.68. The molecule has 0 radical (unpaired) electrons. The third kappa shape index (κ3) is 3.36. The van der Waals surface area contributed by atoms with Crippen LogP contribution in [0.3, 0.4) is 0 Å². The molecule has 2 atom stereocenters. The van der Waals surface area contributed by atoms with Gasteiger partial charge in [0.1, 0.15) is 17.6 Å². The number of aliphatic carboxylic acids is 1. The number of hydrogen-bond donors (Lipinski definition) is 6. The van der Waals surface area contributed by atoms with Crippen LogP contribution in [0.4, 0.5) is 0 Å². The van der Waals surface area contributed by atoms with Crippen molar-refractivity contribution in [2.45, 2.75) is 36.8 Å². The Bertz CT molecular complexity index is 594. The van der Waals surface area contributed by atoms with Crippen LogP contribution in [0.2, 0.25) is 0 Å². The Morgan fingerprint density at radius 3 is 1.91 bits per heavy atom. The molecule has 9 heteroatoms. The zero-order valence-electron chi connectivity index (χ0n) is 11.8. The fourth-order valence-corrected chi connectivity index (χ4v) is 2.51. The number of carbonyl (C=O) groups is 2. The van der Waals surface area contributed by atoms with Gasteiger partial charge in [-0.15, -0.1) is 0 Å². The van der Waals surface area contributed by atoms with Crippen molar-refractivity contribution in [3.8, 4) is 11.5 Å². The lowest BCUT2D eigenvalue weighted by atomic mass is 9.79. The molecule has 0 spiro atoms. The van der Waals surface area contributed by atoms with Gasteiger partial charge in [-0.3, -0.25) is 0 Å². The summed E-state index contributed by atoms with van der Waals surface area (Å²) in [4.78, 5) is 23.6. The minimum atomic E-state index is -2.24. The minimum Gasteiger partial charge on any atom is -0.508 e. The Morgan fingerprint density at radius 2 is 1.48 bits per heavy atom. The zero-order valence-corrected chi connectivity index (χ0v) is 11.8. The quantitative estimate of drug-likeness (QED) is 0.380. The Morgan fingerprint density at radius 1 is 1.00 bits per heavy atom. The predicted molar refractivity (Wildman–Crippen MR) is 72.8 cm³/mol. The molecule has 0 aliphatic heterocycles. The summed E-state index contributed by atoms with van der Waals surface area (Å²) in [5.74, 6) is -3.63. The standard InChI is InChI=1S/C14H16O9/c15-7-1-6(2-8(16)3-7)12(20)23-14(13(21)22)4-9(17)11(19)10(18)5-14/h1-3,9-11,15-19H,4-5H2,(H,21,22)/t9-,10-,11?,14?/m1/s1. The van der Waals surface area contributed by atoms with Crippen LogP contribution in [0.15, 0.2) is 18.2 Å². The van der Waals surface area contributed by atoms with E-state index >= 15 is 0 Å². The first kappa shape index (κ1) is 17.0. The molecule has 1 saturated carbocycles. The number of benzene rings is 1. The molecule has 0 heterocycles. The second kappa shape index (κ2) is 6.03. The summed E-state index contributed by atoms with van der Waals surface area (Å²) in [5.41, 5.74) is -2.55. The van der Waals surface area contributed by atoms with E-state index in [2.05, 4.69) is 0 Å². The van der Waals surface area contributed by atoms with E-state index in [9.17, 15) is 40.2 Å². The fourth-order valence-electron chi connectivity index (χ4n) is 2.51. The van der Waals surface area contributed by atoms with Crippen LogP contribution in [-0.2, 0) is 9.53 Å². The van der Waals surface area contributed by atoms with Crippen LogP contribution >= 0.6 is 0 Å². The van der Waals surface area contributed by atoms with E-state index in [0.717, 1.165) is 18.2 Å². The van der Waals surface area contributed by atoms with Crippen molar-refractivity contribution in [2.75, 3.05) is 0 Å². The molecule has 0 amide bonds. The number of carbonyl (C=O) groups excluding carboxylic acids is 1. The van der Waals surface area contributed by atoms with E-state index in [1.807, 2.05) is 0 Å². The number of phenols is 2. The number of aliphatic hydroxyl groups excluding tert-OH is 3. The summed E-state index contributed by atoms with van der Waals surface area (Å²) in [6.07, 6.45) is -5.97. The van der Waals surface area contributed by atoms with Gasteiger partial charge in [0, 0.05) is 18.9 Å². The Labute approximate surface area is 130 Å². The Hall–Kier alpha value is -2.36. The van der Waals surface area contributed by atoms with E-state index in [1.54, 1.807) is 0 Å². The highest BCUT2D eigenvalue weighted by Gasteiger charge is 2.52. The monoisotopic (exact) mass is 328 g/mol. The van der Waals surface area contributed by atoms with E-state index in [0.29, 0.717) is 0 Å². The van der Waals surface area contributed by atoms with Gasteiger partial charge in [-0.2, -0.15) is 0 Å². The fraction of sp³-hybridized carbons (Fsp3) is 0.429. The number of ether oxygens (including phenoxy) is 1. The minimum absolute atomic E-state index is 0.307. The number of carboxylic acids is 1. The largest absolute Gasteiger partial charge is 0.508 e. The third-order valence-electron chi connectivity index (χ3n) is 3.68. The van der Waals surface area contributed by atoms with Crippen LogP contribution in [0.5, 0.6) is 11.5 Å². The zero-order chi connectivity index (χ0) is 17.4. The first-order valence-corrected chi connectivity index (χ1v) is 6.68. The van der Waals surface area contributed by atoms with E-state index in [4.69, 9.17) is 4.74 Å². The van der Waals surface area contributed by atoms with Gasteiger partial charge >= 0.3 is 11.9 Å². The molecule has 0 aromatic heterocycles. The molecule has 0 bridgehead atoms. The SMILES string of the molecule is O=C(OC1(C(=O)O)C[C@@H](O)C(O)[C@H](O)C1)c1cc(O)cc(O)c1. The van der Waals surface area contributed by atoms with Crippen LogP contribution in [0, 0.1) is 0 Å². The molecule has 0 saturated heterocycles. The Kier molecular flexibility index (Phi) is 4.46. The highest BCUT2D eigenvalue weighted by Crippen LogP contribution is 2.34. The van der Waals surface area contributed by atoms with E-state index in [1.165, 1.54) is 0 Å². The molecule has 23 heavy (non-hydrogen) atoms. The summed E-state index contributed by atoms with van der Waals surface area (Å²) in [7, 11) is 0. The molecule has 2 rings (SSSR count). The van der Waals surface area contributed by atoms with Gasteiger partial charge in [-0.05, 0) is 12.1 Å². The molecule has 6 N–H and O–H groups in total. The smallest absolute Gasteiger partial charge is 0.348 e. The summed E-state index contributed by atoms with van der Waals surface area (Å²) in [6, 6.07) is 2.89. The van der Waals surface area contributed by atoms with Crippen molar-refractivity contribution in [3.05, 3.63) is 23.8 Å². The van der Waals surface area contributed by atoms with Gasteiger partial charge in [0.2, 0.25) is 5.60 Å². The summed E-state index contributed by atoms with van der Waals surface area (Å²) in [6.45, 7) is 0. The second-order valence-electron chi connectivity index (χ2n) is 5.46. The summed E-state index contributed by atoms with van der Waals surface area (Å²) >= 11 is 0. The average Bonchev–Trinajstić information content (AvgIpc) is 2.43. The molecule has 126 valence electrons. The molecular weight excluding hydrogens is 312 g/mol. The molecule has 0 unspecified atom stereocenters. The highest BCUT2D eigenvalue weighted by molar-refractivity contribution is 5.93. The lowest BCUT2D eigenvalue weighted by Gasteiger charge is -2.40. The normalized spacial score (nSPS) is 30.7. The number of esters is 1. The van der Waals surface area contributed by atoms with Gasteiger partial charge < -0.3 is 35.4 Å². The molecule has 1 aliphatic rings. The van der Waals surface area contributed by atoms with Crippen molar-refractivity contribution in [3.63, 3.8) is 0 Å². The topological polar surface area (TPSA) is 165 Å². The molecule has 1 aromatic carbocycles. The van der Waals surface area contributed by atoms with Crippen molar-refractivity contribution < 1.29 is 45.0 Å². The predicted octanol–water partition coefficient (Wildman–Crippen LogP) is -1.05. The number of hydrogen-bond acceptors (Lipinski definition) is 8. The van der Waals surface area contributed by atoms with Crippen LogP contribution in [0.1, 0.15) is 23.2 Å². The van der Waals surface area contributed by atoms with Gasteiger partial charge in [-0.1, -0.05) is 0 Å². The van der Waals surface area contributed by atoms with Crippen molar-refractivity contribution in [1.82, 2.24) is 0 Å². The molecule has 1 aromatic rings. The van der Waals surface area contributed by atoms with E-state index in [-0.39, 0.29) is 5.56 Å². The number of aromatic hydroxyl groups is 2. The summed E-state index contributed by atoms with van der Waals surface area (Å²) < 4.78 is 4.93. The maximum atomic E-state index is 12.1. The van der Waals surface area contributed by atoms with Crippen molar-refractivity contribution in [2.24, 2.45) is 0 Å². The maximum absolute atomic E-state index is 12.1. The summed E-state index contributed by atoms with van der Waals surface area (Å²) in [5, 5.41) is 56.8. The van der Waals surface area contributed by atoms with Gasteiger partial charge in [-0.25, -0.2) is 9.59 Å². The lowest BCUT2D eigenvalue weighted by Crippen LogP contribution is -2.58. The molecular formula is C14H16O9. The highest BCUT2D eigenvalue weighted by atomic mass is 16.6. The Balaban J connectivity index is 2.29. The molecule has 1 fully saturated rings. The van der Waals surface area contributed by atoms with Crippen LogP contribution in [-0.4, -0.2) is 66.5 Å². The second-order valence-corrected chi connectivity index (χ2v) is 5.46. The third-order valence-corrected chi connectivity index (χ3v) is 3.68. The number of rotatable bonds is 3. The van der Waals surface area contributed by atoms with Crippen LogP contribution in [0.25, 0.3) is 0 Å². The van der Waals surface area contributed by atoms with Crippen LogP contribution < -0.4 is 0 Å². The van der Waals surface area contributed by atoms with E-state index < -0.39 is 60.2 Å². The average molecular weight is 328 g/mol. The van der Waals surface area contributed by atoms with Gasteiger partial charge in [0.25, 0.3) is 0 Å². The number of phenolic OH excluding ortho intramolecular Hbond substituents is 2. The van der Waals surface area contributed by atoms with Crippen molar-refractivity contribution >= 4 is 11.9 Å². The lowest BCUT2D eigenvalue weighted by molar-refractivity contribution is -0.187. The van der Waals surface area contributed by atoms with Crippen molar-refractivity contribution in [1.29, 1.82) is 0 Å². The maximum Gasteiger partial charge on any atom is 0.348 e. The molecule has 1 aliphatic carbocycles.